The summed E-state index contributed by atoms with van der Waals surface area (Å²) in [6.07, 6.45) is 2.06. The molecule has 0 aromatic heterocycles. The van der Waals surface area contributed by atoms with Crippen LogP contribution in [-0.2, 0) is 9.53 Å². The van der Waals surface area contributed by atoms with Crippen LogP contribution in [0.25, 0.3) is 0 Å². The van der Waals surface area contributed by atoms with Crippen LogP contribution in [0.4, 0.5) is 0 Å². The highest BCUT2D eigenvalue weighted by Crippen LogP contribution is 2.65. The largest absolute Gasteiger partial charge is 0.380 e. The zero-order chi connectivity index (χ0) is 7.35. The van der Waals surface area contributed by atoms with Gasteiger partial charge in [-0.3, -0.25) is 4.79 Å². The summed E-state index contributed by atoms with van der Waals surface area (Å²) in [6, 6.07) is 0. The monoisotopic (exact) mass is 141 g/mol. The molecule has 2 bridgehead atoms. The number of rotatable bonds is 2. The zero-order valence-electron chi connectivity index (χ0n) is 5.96. The topological polar surface area (TPSA) is 52.3 Å². The van der Waals surface area contributed by atoms with Gasteiger partial charge in [0.2, 0.25) is 5.91 Å². The molecule has 0 aromatic carbocycles. The molecule has 1 amide bonds. The molecular weight excluding hydrogens is 130 g/mol. The first-order valence-electron chi connectivity index (χ1n) is 3.53. The van der Waals surface area contributed by atoms with E-state index in [0.717, 1.165) is 12.8 Å². The summed E-state index contributed by atoms with van der Waals surface area (Å²) in [5.74, 6) is 0.444. The van der Waals surface area contributed by atoms with Gasteiger partial charge in [0.25, 0.3) is 0 Å². The van der Waals surface area contributed by atoms with E-state index in [1.165, 1.54) is 0 Å². The maximum atomic E-state index is 10.9. The Morgan fingerprint density at radius 1 is 1.70 bits per heavy atom. The summed E-state index contributed by atoms with van der Waals surface area (Å²) < 4.78 is 5.11. The summed E-state index contributed by atoms with van der Waals surface area (Å²) in [5, 5.41) is 0. The van der Waals surface area contributed by atoms with Gasteiger partial charge in [-0.15, -0.1) is 0 Å². The molecule has 3 fully saturated rings. The van der Waals surface area contributed by atoms with E-state index in [1.807, 2.05) is 0 Å². The number of primary amides is 1. The third-order valence-electron chi connectivity index (χ3n) is 2.97. The first kappa shape index (κ1) is 6.16. The number of nitrogens with two attached hydrogens (primary N) is 1. The number of methoxy groups -OCH3 is 1. The maximum absolute atomic E-state index is 10.9. The van der Waals surface area contributed by atoms with Crippen LogP contribution in [0.1, 0.15) is 12.8 Å². The second-order valence-corrected chi connectivity index (χ2v) is 3.35. The molecule has 0 radical (unpaired) electrons. The molecule has 1 unspecified atom stereocenters. The second-order valence-electron chi connectivity index (χ2n) is 3.35. The smallest absolute Gasteiger partial charge is 0.226 e. The molecular formula is C7H11NO2. The van der Waals surface area contributed by atoms with Crippen LogP contribution in [0, 0.1) is 11.3 Å². The van der Waals surface area contributed by atoms with E-state index in [-0.39, 0.29) is 17.4 Å². The van der Waals surface area contributed by atoms with Crippen LogP contribution < -0.4 is 5.73 Å². The highest BCUT2D eigenvalue weighted by Gasteiger charge is 2.69. The van der Waals surface area contributed by atoms with E-state index in [1.54, 1.807) is 7.11 Å². The van der Waals surface area contributed by atoms with Crippen molar-refractivity contribution in [3.63, 3.8) is 0 Å². The van der Waals surface area contributed by atoms with Crippen molar-refractivity contribution >= 4 is 5.91 Å². The van der Waals surface area contributed by atoms with Gasteiger partial charge in [-0.25, -0.2) is 0 Å². The van der Waals surface area contributed by atoms with Crippen molar-refractivity contribution in [3.8, 4) is 0 Å². The van der Waals surface area contributed by atoms with Crippen molar-refractivity contribution in [1.82, 2.24) is 0 Å². The van der Waals surface area contributed by atoms with Gasteiger partial charge in [0.15, 0.2) is 0 Å². The van der Waals surface area contributed by atoms with Crippen LogP contribution in [0.5, 0.6) is 0 Å². The number of ether oxygens (including phenoxy) is 1. The minimum Gasteiger partial charge on any atom is -0.380 e. The van der Waals surface area contributed by atoms with Crippen molar-refractivity contribution in [2.45, 2.75) is 18.9 Å². The standard InChI is InChI=1S/C7H11NO2/c1-10-5-4-2-7(5,3-4)6(8)9/h4-5H,2-3H2,1H3,(H2,8,9). The molecule has 1 atom stereocenters. The zero-order valence-corrected chi connectivity index (χ0v) is 5.96. The summed E-state index contributed by atoms with van der Waals surface area (Å²) >= 11 is 0. The van der Waals surface area contributed by atoms with E-state index in [0.29, 0.717) is 5.92 Å². The lowest BCUT2D eigenvalue weighted by atomic mass is 9.42. The Labute approximate surface area is 59.5 Å². The first-order valence-corrected chi connectivity index (χ1v) is 3.53. The van der Waals surface area contributed by atoms with Crippen molar-refractivity contribution in [3.05, 3.63) is 0 Å². The second kappa shape index (κ2) is 1.53. The van der Waals surface area contributed by atoms with Gasteiger partial charge in [-0.05, 0) is 18.8 Å². The lowest BCUT2D eigenvalue weighted by Gasteiger charge is -2.65. The van der Waals surface area contributed by atoms with Crippen LogP contribution in [0.3, 0.4) is 0 Å². The molecule has 2 N–H and O–H groups in total. The van der Waals surface area contributed by atoms with Gasteiger partial charge >= 0.3 is 0 Å². The summed E-state index contributed by atoms with van der Waals surface area (Å²) in [4.78, 5) is 10.9. The SMILES string of the molecule is COC1C2CC1(C(N)=O)C2. The predicted molar refractivity (Wildman–Crippen MR) is 35.1 cm³/mol. The van der Waals surface area contributed by atoms with Crippen LogP contribution >= 0.6 is 0 Å². The van der Waals surface area contributed by atoms with Crippen LogP contribution in [0.2, 0.25) is 0 Å². The quantitative estimate of drug-likeness (QED) is 0.583. The molecule has 0 spiro atoms. The molecule has 3 aliphatic rings. The van der Waals surface area contributed by atoms with E-state index in [9.17, 15) is 4.79 Å². The lowest BCUT2D eigenvalue weighted by molar-refractivity contribution is -0.238. The van der Waals surface area contributed by atoms with Gasteiger partial charge in [-0.2, -0.15) is 0 Å². The first-order chi connectivity index (χ1) is 4.70. The van der Waals surface area contributed by atoms with Gasteiger partial charge in [0.1, 0.15) is 0 Å². The number of hydrogen-bond donors (Lipinski definition) is 1. The van der Waals surface area contributed by atoms with E-state index in [4.69, 9.17) is 10.5 Å². The fraction of sp³-hybridized carbons (Fsp3) is 0.857. The van der Waals surface area contributed by atoms with Crippen molar-refractivity contribution in [2.75, 3.05) is 7.11 Å². The van der Waals surface area contributed by atoms with E-state index >= 15 is 0 Å². The predicted octanol–water partition coefficient (Wildman–Crippen LogP) is -0.103. The molecule has 3 heteroatoms. The molecule has 3 nitrogen and oxygen atoms in total. The summed E-state index contributed by atoms with van der Waals surface area (Å²) in [5.41, 5.74) is 4.97. The molecule has 56 valence electrons. The average molecular weight is 141 g/mol. The summed E-state index contributed by atoms with van der Waals surface area (Å²) in [7, 11) is 1.65. The van der Waals surface area contributed by atoms with Crippen LogP contribution in [-0.4, -0.2) is 19.1 Å². The maximum Gasteiger partial charge on any atom is 0.226 e. The molecule has 0 aliphatic heterocycles. The highest BCUT2D eigenvalue weighted by atomic mass is 16.5. The Morgan fingerprint density at radius 2 is 2.30 bits per heavy atom. The molecule has 0 heterocycles. The Bertz CT molecular complexity index is 184. The fourth-order valence-electron chi connectivity index (χ4n) is 2.21. The number of carbonyl (C=O) groups excluding carboxylic acids is 1. The minimum absolute atomic E-state index is 0.144. The number of carbonyl (C=O) groups is 1. The van der Waals surface area contributed by atoms with Crippen molar-refractivity contribution in [1.29, 1.82) is 0 Å². The van der Waals surface area contributed by atoms with Crippen molar-refractivity contribution in [2.24, 2.45) is 17.1 Å². The molecule has 3 aliphatic carbocycles. The van der Waals surface area contributed by atoms with Gasteiger partial charge in [0, 0.05) is 7.11 Å². The number of hydrogen-bond acceptors (Lipinski definition) is 2. The number of amides is 1. The Hall–Kier alpha value is -0.570. The molecule has 10 heavy (non-hydrogen) atoms. The van der Waals surface area contributed by atoms with Gasteiger partial charge < -0.3 is 10.5 Å². The minimum atomic E-state index is -0.251. The van der Waals surface area contributed by atoms with E-state index < -0.39 is 0 Å². The van der Waals surface area contributed by atoms with Crippen molar-refractivity contribution < 1.29 is 9.53 Å². The molecule has 0 saturated heterocycles. The van der Waals surface area contributed by atoms with Crippen LogP contribution in [0.15, 0.2) is 0 Å². The lowest BCUT2D eigenvalue weighted by Crippen LogP contribution is -2.71. The van der Waals surface area contributed by atoms with E-state index in [2.05, 4.69) is 0 Å². The Balaban J connectivity index is 2.12. The summed E-state index contributed by atoms with van der Waals surface area (Å²) in [6.45, 7) is 0. The Kier molecular flexibility index (Phi) is 0.944. The molecule has 3 saturated carbocycles. The molecule has 0 aromatic rings. The average Bonchev–Trinajstić information content (AvgIpc) is 1.56. The van der Waals surface area contributed by atoms with Gasteiger partial charge in [-0.1, -0.05) is 0 Å². The Morgan fingerprint density at radius 3 is 2.40 bits per heavy atom. The fourth-order valence-corrected chi connectivity index (χ4v) is 2.21. The molecule has 3 rings (SSSR count). The van der Waals surface area contributed by atoms with Gasteiger partial charge in [0.05, 0.1) is 11.5 Å². The normalized spacial score (nSPS) is 49.3. The highest BCUT2D eigenvalue weighted by molar-refractivity contribution is 5.85. The third-order valence-corrected chi connectivity index (χ3v) is 2.97. The third kappa shape index (κ3) is 0.408.